The SMILES string of the molecule is Cn1c(=N)n(C)c(=N)n(C)c1=N. The Labute approximate surface area is 68.9 Å². The minimum atomic E-state index is 0.142. The Kier molecular flexibility index (Phi) is 1.75. The number of hydrogen-bond acceptors (Lipinski definition) is 3. The zero-order chi connectivity index (χ0) is 9.46. The first-order valence-electron chi connectivity index (χ1n) is 3.43. The van der Waals surface area contributed by atoms with Gasteiger partial charge in [-0.1, -0.05) is 0 Å². The van der Waals surface area contributed by atoms with Crippen molar-refractivity contribution in [2.45, 2.75) is 0 Å². The summed E-state index contributed by atoms with van der Waals surface area (Å²) in [7, 11) is 4.89. The van der Waals surface area contributed by atoms with Gasteiger partial charge in [-0.3, -0.25) is 29.9 Å². The van der Waals surface area contributed by atoms with E-state index in [1.165, 1.54) is 13.7 Å². The van der Waals surface area contributed by atoms with Gasteiger partial charge in [0.25, 0.3) is 0 Å². The molecule has 0 fully saturated rings. The Bertz CT molecular complexity index is 369. The minimum Gasteiger partial charge on any atom is -0.286 e. The predicted molar refractivity (Wildman–Crippen MR) is 40.9 cm³/mol. The van der Waals surface area contributed by atoms with Crippen LogP contribution in [0.1, 0.15) is 0 Å². The maximum atomic E-state index is 7.50. The summed E-state index contributed by atoms with van der Waals surface area (Å²) in [5.41, 5.74) is 0.425. The summed E-state index contributed by atoms with van der Waals surface area (Å²) in [6.45, 7) is 0. The lowest BCUT2D eigenvalue weighted by molar-refractivity contribution is 0.495. The normalized spacial score (nSPS) is 10.2. The lowest BCUT2D eigenvalue weighted by Crippen LogP contribution is -2.52. The van der Waals surface area contributed by atoms with Gasteiger partial charge in [-0.25, -0.2) is 0 Å². The number of rotatable bonds is 0. The first-order valence-corrected chi connectivity index (χ1v) is 3.43. The van der Waals surface area contributed by atoms with E-state index in [4.69, 9.17) is 16.2 Å². The van der Waals surface area contributed by atoms with Gasteiger partial charge >= 0.3 is 0 Å². The zero-order valence-corrected chi connectivity index (χ0v) is 7.34. The van der Waals surface area contributed by atoms with Crippen molar-refractivity contribution in [1.82, 2.24) is 13.7 Å². The molecule has 0 aliphatic heterocycles. The summed E-state index contributed by atoms with van der Waals surface area (Å²) >= 11 is 0. The largest absolute Gasteiger partial charge is 0.286 e. The van der Waals surface area contributed by atoms with Crippen LogP contribution in [0.25, 0.3) is 0 Å². The summed E-state index contributed by atoms with van der Waals surface area (Å²) in [6, 6.07) is 0. The van der Waals surface area contributed by atoms with Crippen molar-refractivity contribution in [3.63, 3.8) is 0 Å². The Hall–Kier alpha value is -1.59. The van der Waals surface area contributed by atoms with Gasteiger partial charge in [0.05, 0.1) is 0 Å². The maximum absolute atomic E-state index is 7.50. The van der Waals surface area contributed by atoms with Crippen molar-refractivity contribution in [3.05, 3.63) is 16.9 Å². The molecule has 0 radical (unpaired) electrons. The molecule has 0 amide bonds. The van der Waals surface area contributed by atoms with Crippen LogP contribution in [0.4, 0.5) is 0 Å². The highest BCUT2D eigenvalue weighted by molar-refractivity contribution is 4.65. The molecule has 1 aromatic rings. The smallest absolute Gasteiger partial charge is 0.207 e. The molecule has 6 heteroatoms. The second-order valence-corrected chi connectivity index (χ2v) is 2.65. The van der Waals surface area contributed by atoms with Crippen molar-refractivity contribution >= 4 is 0 Å². The van der Waals surface area contributed by atoms with Gasteiger partial charge in [0.2, 0.25) is 16.9 Å². The Morgan fingerprint density at radius 3 is 1.00 bits per heavy atom. The van der Waals surface area contributed by atoms with E-state index < -0.39 is 0 Å². The number of nitrogens with zero attached hydrogens (tertiary/aromatic N) is 3. The fraction of sp³-hybridized carbons (Fsp3) is 0.500. The molecule has 3 N–H and O–H groups in total. The van der Waals surface area contributed by atoms with Crippen LogP contribution >= 0.6 is 0 Å². The monoisotopic (exact) mass is 168 g/mol. The highest BCUT2D eigenvalue weighted by Crippen LogP contribution is 1.57. The van der Waals surface area contributed by atoms with E-state index in [9.17, 15) is 0 Å². The van der Waals surface area contributed by atoms with Crippen molar-refractivity contribution in [1.29, 1.82) is 16.2 Å². The fourth-order valence-corrected chi connectivity index (χ4v) is 0.976. The quantitative estimate of drug-likeness (QED) is 0.406. The molecule has 0 saturated heterocycles. The Balaban J connectivity index is 4.00. The third-order valence-corrected chi connectivity index (χ3v) is 1.91. The lowest BCUT2D eigenvalue weighted by atomic mass is 10.8. The summed E-state index contributed by atoms with van der Waals surface area (Å²) in [5.74, 6) is 0. The number of hydrogen-bond donors (Lipinski definition) is 3. The molecule has 1 aromatic heterocycles. The standard InChI is InChI=1S/C6H12N6/c1-10-4(7)11(2)6(9)12(3)5(10)8/h7-9H,1-3H3. The maximum Gasteiger partial charge on any atom is 0.207 e. The van der Waals surface area contributed by atoms with Gasteiger partial charge in [-0.2, -0.15) is 0 Å². The average molecular weight is 168 g/mol. The van der Waals surface area contributed by atoms with Crippen LogP contribution in [-0.4, -0.2) is 13.7 Å². The Morgan fingerprint density at radius 1 is 0.667 bits per heavy atom. The van der Waals surface area contributed by atoms with Gasteiger partial charge < -0.3 is 0 Å². The zero-order valence-electron chi connectivity index (χ0n) is 7.34. The molecule has 66 valence electrons. The molecule has 0 unspecified atom stereocenters. The van der Waals surface area contributed by atoms with Crippen LogP contribution in [0.3, 0.4) is 0 Å². The van der Waals surface area contributed by atoms with E-state index in [1.807, 2.05) is 0 Å². The van der Waals surface area contributed by atoms with E-state index in [2.05, 4.69) is 0 Å². The number of nitrogens with one attached hydrogen (secondary N) is 3. The molecule has 0 saturated carbocycles. The molecular formula is C6H12N6. The first-order chi connectivity index (χ1) is 5.46. The van der Waals surface area contributed by atoms with Crippen molar-refractivity contribution < 1.29 is 0 Å². The molecule has 0 aliphatic carbocycles. The molecule has 0 aromatic carbocycles. The van der Waals surface area contributed by atoms with Gasteiger partial charge in [-0.05, 0) is 0 Å². The summed E-state index contributed by atoms with van der Waals surface area (Å²) in [5, 5.41) is 22.5. The lowest BCUT2D eigenvalue weighted by Gasteiger charge is -2.08. The predicted octanol–water partition coefficient (Wildman–Crippen LogP) is -1.86. The highest BCUT2D eigenvalue weighted by Gasteiger charge is 1.97. The minimum absolute atomic E-state index is 0.142. The van der Waals surface area contributed by atoms with E-state index in [0.29, 0.717) is 0 Å². The van der Waals surface area contributed by atoms with Gasteiger partial charge in [0, 0.05) is 21.1 Å². The van der Waals surface area contributed by atoms with E-state index in [0.717, 1.165) is 0 Å². The average Bonchev–Trinajstić information content (AvgIpc) is 2.08. The summed E-state index contributed by atoms with van der Waals surface area (Å²) in [6.07, 6.45) is 0. The van der Waals surface area contributed by atoms with Gasteiger partial charge in [0.1, 0.15) is 0 Å². The molecule has 0 spiro atoms. The molecule has 0 bridgehead atoms. The van der Waals surface area contributed by atoms with Gasteiger partial charge in [-0.15, -0.1) is 0 Å². The van der Waals surface area contributed by atoms with Crippen LogP contribution in [0.5, 0.6) is 0 Å². The molecule has 0 aliphatic rings. The third-order valence-electron chi connectivity index (χ3n) is 1.91. The molecular weight excluding hydrogens is 156 g/mol. The third kappa shape index (κ3) is 0.919. The van der Waals surface area contributed by atoms with Crippen LogP contribution in [-0.2, 0) is 21.1 Å². The van der Waals surface area contributed by atoms with E-state index >= 15 is 0 Å². The molecule has 12 heavy (non-hydrogen) atoms. The second-order valence-electron chi connectivity index (χ2n) is 2.65. The van der Waals surface area contributed by atoms with Gasteiger partial charge in [0.15, 0.2) is 0 Å². The first kappa shape index (κ1) is 8.51. The summed E-state index contributed by atoms with van der Waals surface area (Å²) < 4.78 is 4.20. The molecule has 0 atom stereocenters. The van der Waals surface area contributed by atoms with Crippen LogP contribution < -0.4 is 16.9 Å². The second kappa shape index (κ2) is 2.47. The molecule has 1 heterocycles. The fourth-order valence-electron chi connectivity index (χ4n) is 0.976. The number of aromatic nitrogens is 3. The van der Waals surface area contributed by atoms with E-state index in [-0.39, 0.29) is 16.9 Å². The highest BCUT2D eigenvalue weighted by atomic mass is 15.3. The van der Waals surface area contributed by atoms with Crippen molar-refractivity contribution in [2.75, 3.05) is 0 Å². The summed E-state index contributed by atoms with van der Waals surface area (Å²) in [4.78, 5) is 0. The topological polar surface area (TPSA) is 86.3 Å². The van der Waals surface area contributed by atoms with Crippen LogP contribution in [0.15, 0.2) is 0 Å². The van der Waals surface area contributed by atoms with Crippen molar-refractivity contribution in [3.8, 4) is 0 Å². The van der Waals surface area contributed by atoms with Crippen LogP contribution in [0, 0.1) is 16.2 Å². The Morgan fingerprint density at radius 2 is 0.833 bits per heavy atom. The van der Waals surface area contributed by atoms with Crippen LogP contribution in [0.2, 0.25) is 0 Å². The molecule has 6 nitrogen and oxygen atoms in total. The van der Waals surface area contributed by atoms with Crippen molar-refractivity contribution in [2.24, 2.45) is 21.1 Å². The molecule has 1 rings (SSSR count). The van der Waals surface area contributed by atoms with E-state index in [1.54, 1.807) is 21.1 Å².